The Balaban J connectivity index is 3.06. The molecule has 13 heavy (non-hydrogen) atoms. The van der Waals surface area contributed by atoms with Gasteiger partial charge >= 0.3 is 0 Å². The van der Waals surface area contributed by atoms with Crippen LogP contribution in [0.2, 0.25) is 0 Å². The third kappa shape index (κ3) is 1.04. The van der Waals surface area contributed by atoms with Crippen molar-refractivity contribution in [2.75, 3.05) is 0 Å². The van der Waals surface area contributed by atoms with Crippen molar-refractivity contribution in [3.63, 3.8) is 0 Å². The number of fused-ring (bicyclic) bond motifs is 1. The van der Waals surface area contributed by atoms with Crippen LogP contribution in [-0.2, 0) is 0 Å². The molecule has 0 saturated carbocycles. The topological polar surface area (TPSA) is 55.1 Å². The Bertz CT molecular complexity index is 527. The highest BCUT2D eigenvalue weighted by atomic mass is 32.1. The van der Waals surface area contributed by atoms with E-state index in [9.17, 15) is 4.79 Å². The fourth-order valence-corrected chi connectivity index (χ4v) is 2.21. The highest BCUT2D eigenvalue weighted by Crippen LogP contribution is 2.24. The number of aromatic nitrogens is 2. The lowest BCUT2D eigenvalue weighted by Crippen LogP contribution is -2.17. The van der Waals surface area contributed by atoms with Gasteiger partial charge in [-0.25, -0.2) is 4.98 Å². The summed E-state index contributed by atoms with van der Waals surface area (Å²) in [7, 11) is 0. The van der Waals surface area contributed by atoms with Crippen LogP contribution in [-0.4, -0.2) is 14.9 Å². The summed E-state index contributed by atoms with van der Waals surface area (Å²) in [6.07, 6.45) is 1.13. The van der Waals surface area contributed by atoms with Crippen LogP contribution in [0.4, 0.5) is 0 Å². The molecule has 0 atom stereocenters. The Morgan fingerprint density at radius 2 is 2.23 bits per heavy atom. The first-order chi connectivity index (χ1) is 6.11. The minimum Gasteiger partial charge on any atom is -0.424 e. The lowest BCUT2D eigenvalue weighted by atomic mass is 10.2. The fourth-order valence-electron chi connectivity index (χ4n) is 1.23. The molecule has 4 nitrogen and oxygen atoms in total. The quantitative estimate of drug-likeness (QED) is 0.646. The second kappa shape index (κ2) is 2.56. The molecular weight excluding hydrogens is 188 g/mol. The lowest BCUT2D eigenvalue weighted by molar-refractivity contribution is 0.173. The summed E-state index contributed by atoms with van der Waals surface area (Å²) in [6.45, 7) is 3.79. The van der Waals surface area contributed by atoms with Crippen LogP contribution in [0.15, 0.2) is 11.1 Å². The van der Waals surface area contributed by atoms with Crippen molar-refractivity contribution < 1.29 is 5.21 Å². The lowest BCUT2D eigenvalue weighted by Gasteiger charge is -1.94. The molecule has 0 aromatic carbocycles. The van der Waals surface area contributed by atoms with Gasteiger partial charge in [0, 0.05) is 4.88 Å². The van der Waals surface area contributed by atoms with Crippen molar-refractivity contribution in [2.24, 2.45) is 0 Å². The van der Waals surface area contributed by atoms with Crippen molar-refractivity contribution in [1.82, 2.24) is 9.71 Å². The Morgan fingerprint density at radius 1 is 1.54 bits per heavy atom. The van der Waals surface area contributed by atoms with E-state index in [0.717, 1.165) is 16.8 Å². The van der Waals surface area contributed by atoms with E-state index in [1.807, 2.05) is 13.8 Å². The number of aryl methyl sites for hydroxylation is 2. The molecule has 1 N–H and O–H groups in total. The predicted octanol–water partition coefficient (Wildman–Crippen LogP) is 1.31. The first-order valence-corrected chi connectivity index (χ1v) is 4.59. The third-order valence-electron chi connectivity index (χ3n) is 2.07. The van der Waals surface area contributed by atoms with Crippen LogP contribution in [0.5, 0.6) is 0 Å². The molecule has 0 bridgehead atoms. The Kier molecular flexibility index (Phi) is 1.63. The van der Waals surface area contributed by atoms with Gasteiger partial charge in [-0.05, 0) is 19.4 Å². The molecular formula is C8H8N2O2S. The van der Waals surface area contributed by atoms with Gasteiger partial charge in [0.25, 0.3) is 5.56 Å². The van der Waals surface area contributed by atoms with E-state index >= 15 is 0 Å². The zero-order valence-corrected chi connectivity index (χ0v) is 8.05. The van der Waals surface area contributed by atoms with E-state index in [2.05, 4.69) is 4.98 Å². The summed E-state index contributed by atoms with van der Waals surface area (Å²) < 4.78 is 0.515. The van der Waals surface area contributed by atoms with Crippen LogP contribution in [0, 0.1) is 13.8 Å². The van der Waals surface area contributed by atoms with Crippen molar-refractivity contribution in [3.8, 4) is 0 Å². The SMILES string of the molecule is Cc1sc2ncn(O)c(=O)c2c1C. The molecule has 2 heterocycles. The monoisotopic (exact) mass is 196 g/mol. The summed E-state index contributed by atoms with van der Waals surface area (Å²) >= 11 is 1.47. The number of hydrogen-bond donors (Lipinski definition) is 1. The molecule has 0 aliphatic heterocycles. The smallest absolute Gasteiger partial charge is 0.294 e. The van der Waals surface area contributed by atoms with Crippen molar-refractivity contribution >= 4 is 21.6 Å². The van der Waals surface area contributed by atoms with Crippen LogP contribution in [0.1, 0.15) is 10.4 Å². The van der Waals surface area contributed by atoms with Gasteiger partial charge in [0.05, 0.1) is 5.39 Å². The minimum atomic E-state index is -0.396. The number of hydrogen-bond acceptors (Lipinski definition) is 4. The Hall–Kier alpha value is -1.36. The summed E-state index contributed by atoms with van der Waals surface area (Å²) in [6, 6.07) is 0. The van der Waals surface area contributed by atoms with Crippen molar-refractivity contribution in [2.45, 2.75) is 13.8 Å². The highest BCUT2D eigenvalue weighted by Gasteiger charge is 2.10. The van der Waals surface area contributed by atoms with E-state index < -0.39 is 5.56 Å². The molecule has 0 unspecified atom stereocenters. The third-order valence-corrected chi connectivity index (χ3v) is 3.19. The fraction of sp³-hybridized carbons (Fsp3) is 0.250. The average molecular weight is 196 g/mol. The number of rotatable bonds is 0. The van der Waals surface area contributed by atoms with Gasteiger partial charge in [-0.2, -0.15) is 0 Å². The highest BCUT2D eigenvalue weighted by molar-refractivity contribution is 7.18. The maximum absolute atomic E-state index is 11.4. The zero-order chi connectivity index (χ0) is 9.59. The van der Waals surface area contributed by atoms with E-state index in [1.165, 1.54) is 11.3 Å². The van der Waals surface area contributed by atoms with Crippen LogP contribution >= 0.6 is 11.3 Å². The minimum absolute atomic E-state index is 0.396. The van der Waals surface area contributed by atoms with Crippen LogP contribution in [0.25, 0.3) is 10.2 Å². The first-order valence-electron chi connectivity index (χ1n) is 3.78. The second-order valence-corrected chi connectivity index (χ2v) is 4.06. The molecule has 2 aromatic heterocycles. The van der Waals surface area contributed by atoms with Gasteiger partial charge in [-0.3, -0.25) is 4.79 Å². The molecule has 0 aliphatic carbocycles. The maximum atomic E-state index is 11.4. The van der Waals surface area contributed by atoms with E-state index in [0.29, 0.717) is 14.9 Å². The second-order valence-electron chi connectivity index (χ2n) is 2.86. The summed E-state index contributed by atoms with van der Waals surface area (Å²) in [5, 5.41) is 9.62. The number of nitrogens with zero attached hydrogens (tertiary/aromatic N) is 2. The van der Waals surface area contributed by atoms with Crippen LogP contribution in [0.3, 0.4) is 0 Å². The van der Waals surface area contributed by atoms with E-state index in [1.54, 1.807) is 0 Å². The zero-order valence-electron chi connectivity index (χ0n) is 7.24. The predicted molar refractivity (Wildman–Crippen MR) is 50.5 cm³/mol. The largest absolute Gasteiger partial charge is 0.424 e. The molecule has 0 fully saturated rings. The van der Waals surface area contributed by atoms with Gasteiger partial charge in [0.2, 0.25) is 0 Å². The van der Waals surface area contributed by atoms with Gasteiger partial charge in [-0.15, -0.1) is 16.1 Å². The first kappa shape index (κ1) is 8.25. The molecule has 0 radical (unpaired) electrons. The van der Waals surface area contributed by atoms with Crippen LogP contribution < -0.4 is 5.56 Å². The van der Waals surface area contributed by atoms with Crippen molar-refractivity contribution in [3.05, 3.63) is 27.1 Å². The normalized spacial score (nSPS) is 10.9. The molecule has 2 rings (SSSR count). The van der Waals surface area contributed by atoms with E-state index in [-0.39, 0.29) is 0 Å². The summed E-state index contributed by atoms with van der Waals surface area (Å²) in [4.78, 5) is 17.1. The molecule has 68 valence electrons. The average Bonchev–Trinajstić information content (AvgIpc) is 2.37. The Morgan fingerprint density at radius 3 is 2.92 bits per heavy atom. The van der Waals surface area contributed by atoms with Gasteiger partial charge in [0.1, 0.15) is 11.2 Å². The van der Waals surface area contributed by atoms with Gasteiger partial charge < -0.3 is 5.21 Å². The summed E-state index contributed by atoms with van der Waals surface area (Å²) in [5.74, 6) is 0. The number of thiophene rings is 1. The van der Waals surface area contributed by atoms with Crippen molar-refractivity contribution in [1.29, 1.82) is 0 Å². The Labute approximate surface area is 78.0 Å². The summed E-state index contributed by atoms with van der Waals surface area (Å²) in [5.41, 5.74) is 0.507. The maximum Gasteiger partial charge on any atom is 0.294 e. The van der Waals surface area contributed by atoms with Gasteiger partial charge in [0.15, 0.2) is 0 Å². The molecule has 0 spiro atoms. The molecule has 0 aliphatic rings. The molecule has 0 amide bonds. The van der Waals surface area contributed by atoms with Gasteiger partial charge in [-0.1, -0.05) is 0 Å². The van der Waals surface area contributed by atoms with E-state index in [4.69, 9.17) is 5.21 Å². The molecule has 5 heteroatoms. The standard InChI is InChI=1S/C8H8N2O2S/c1-4-5(2)13-7-6(4)8(11)10(12)3-9-7/h3,12H,1-2H3. The molecule has 0 saturated heterocycles. The molecule has 2 aromatic rings.